The van der Waals surface area contributed by atoms with E-state index in [4.69, 9.17) is 5.73 Å². The monoisotopic (exact) mass is 253 g/mol. The summed E-state index contributed by atoms with van der Waals surface area (Å²) in [4.78, 5) is 0. The molecule has 1 aromatic rings. The quantitative estimate of drug-likeness (QED) is 0.838. The molecule has 18 heavy (non-hydrogen) atoms. The van der Waals surface area contributed by atoms with Gasteiger partial charge in [0.15, 0.2) is 0 Å². The fourth-order valence-corrected chi connectivity index (χ4v) is 2.90. The van der Waals surface area contributed by atoms with Crippen LogP contribution in [0.15, 0.2) is 18.2 Å². The molecule has 3 heteroatoms. The van der Waals surface area contributed by atoms with Gasteiger partial charge >= 0.3 is 0 Å². The predicted molar refractivity (Wildman–Crippen MR) is 69.7 cm³/mol. The molecular formula is C15H21F2N. The van der Waals surface area contributed by atoms with E-state index in [1.165, 1.54) is 6.07 Å². The Morgan fingerprint density at radius 2 is 1.78 bits per heavy atom. The van der Waals surface area contributed by atoms with Crippen molar-refractivity contribution in [3.63, 3.8) is 0 Å². The highest BCUT2D eigenvalue weighted by molar-refractivity contribution is 5.39. The van der Waals surface area contributed by atoms with Crippen molar-refractivity contribution >= 4 is 0 Å². The number of hydrogen-bond acceptors (Lipinski definition) is 1. The van der Waals surface area contributed by atoms with Crippen LogP contribution in [0.5, 0.6) is 0 Å². The first-order chi connectivity index (χ1) is 8.33. The highest BCUT2D eigenvalue weighted by Crippen LogP contribution is 2.41. The first-order valence-corrected chi connectivity index (χ1v) is 6.61. The molecule has 0 amide bonds. The van der Waals surface area contributed by atoms with Gasteiger partial charge in [0.2, 0.25) is 0 Å². The standard InChI is InChI=1S/C15H21F2N/c1-11-6-7-12(14(2,16)17)13(10-11)15(18)8-4-3-5-9-15/h6-7,10H,3-5,8-9,18H2,1-2H3. The zero-order valence-electron chi connectivity index (χ0n) is 11.1. The van der Waals surface area contributed by atoms with E-state index in [0.717, 1.165) is 44.6 Å². The summed E-state index contributed by atoms with van der Waals surface area (Å²) in [6, 6.07) is 5.12. The summed E-state index contributed by atoms with van der Waals surface area (Å²) in [6.07, 6.45) is 4.82. The van der Waals surface area contributed by atoms with Crippen LogP contribution in [0, 0.1) is 6.92 Å². The zero-order chi connectivity index (χ0) is 13.4. The second-order valence-electron chi connectivity index (χ2n) is 5.65. The van der Waals surface area contributed by atoms with E-state index in [2.05, 4.69) is 0 Å². The Kier molecular flexibility index (Phi) is 3.45. The Balaban J connectivity index is 2.51. The molecular weight excluding hydrogens is 232 g/mol. The van der Waals surface area contributed by atoms with Crippen molar-refractivity contribution in [2.45, 2.75) is 57.4 Å². The third-order valence-electron chi connectivity index (χ3n) is 3.93. The molecule has 0 bridgehead atoms. The van der Waals surface area contributed by atoms with Gasteiger partial charge in [0.1, 0.15) is 0 Å². The van der Waals surface area contributed by atoms with E-state index >= 15 is 0 Å². The fraction of sp³-hybridized carbons (Fsp3) is 0.600. The Bertz CT molecular complexity index is 429. The molecule has 2 rings (SSSR count). The Morgan fingerprint density at radius 3 is 2.33 bits per heavy atom. The van der Waals surface area contributed by atoms with E-state index in [1.54, 1.807) is 6.07 Å². The van der Waals surface area contributed by atoms with Crippen molar-refractivity contribution in [3.05, 3.63) is 34.9 Å². The van der Waals surface area contributed by atoms with Crippen molar-refractivity contribution in [2.75, 3.05) is 0 Å². The van der Waals surface area contributed by atoms with E-state index in [1.807, 2.05) is 13.0 Å². The summed E-state index contributed by atoms with van der Waals surface area (Å²) in [7, 11) is 0. The van der Waals surface area contributed by atoms with Crippen molar-refractivity contribution in [3.8, 4) is 0 Å². The average Bonchev–Trinajstić information content (AvgIpc) is 2.28. The third kappa shape index (κ3) is 2.56. The summed E-state index contributed by atoms with van der Waals surface area (Å²) in [5.74, 6) is -2.83. The number of nitrogens with two attached hydrogens (primary N) is 1. The van der Waals surface area contributed by atoms with E-state index in [9.17, 15) is 8.78 Å². The lowest BCUT2D eigenvalue weighted by atomic mass is 9.74. The lowest BCUT2D eigenvalue weighted by Crippen LogP contribution is -2.40. The molecule has 1 nitrogen and oxygen atoms in total. The third-order valence-corrected chi connectivity index (χ3v) is 3.93. The first kappa shape index (κ1) is 13.5. The maximum Gasteiger partial charge on any atom is 0.270 e. The Labute approximate surface area is 107 Å². The van der Waals surface area contributed by atoms with Gasteiger partial charge in [0.25, 0.3) is 5.92 Å². The minimum absolute atomic E-state index is 0.0949. The van der Waals surface area contributed by atoms with E-state index in [0.29, 0.717) is 5.56 Å². The topological polar surface area (TPSA) is 26.0 Å². The molecule has 0 aliphatic heterocycles. The van der Waals surface area contributed by atoms with Crippen LogP contribution in [-0.2, 0) is 11.5 Å². The molecule has 0 atom stereocenters. The van der Waals surface area contributed by atoms with Gasteiger partial charge in [-0.25, -0.2) is 8.78 Å². The molecule has 0 heterocycles. The highest BCUT2D eigenvalue weighted by Gasteiger charge is 2.37. The Morgan fingerprint density at radius 1 is 1.17 bits per heavy atom. The molecule has 0 radical (unpaired) electrons. The van der Waals surface area contributed by atoms with Gasteiger partial charge in [-0.05, 0) is 25.3 Å². The van der Waals surface area contributed by atoms with Crippen LogP contribution in [0.3, 0.4) is 0 Å². The van der Waals surface area contributed by atoms with E-state index < -0.39 is 11.5 Å². The van der Waals surface area contributed by atoms with Crippen LogP contribution in [-0.4, -0.2) is 0 Å². The molecule has 2 N–H and O–H groups in total. The second-order valence-corrected chi connectivity index (χ2v) is 5.65. The molecule has 0 unspecified atom stereocenters. The molecule has 1 aromatic carbocycles. The average molecular weight is 253 g/mol. The Hall–Kier alpha value is -0.960. The number of benzene rings is 1. The molecule has 0 spiro atoms. The summed E-state index contributed by atoms with van der Waals surface area (Å²) >= 11 is 0. The van der Waals surface area contributed by atoms with Gasteiger partial charge in [-0.2, -0.15) is 0 Å². The number of halogens is 2. The van der Waals surface area contributed by atoms with Crippen molar-refractivity contribution in [2.24, 2.45) is 5.73 Å². The first-order valence-electron chi connectivity index (χ1n) is 6.61. The number of aryl methyl sites for hydroxylation is 1. The lowest BCUT2D eigenvalue weighted by molar-refractivity contribution is 0.0148. The summed E-state index contributed by atoms with van der Waals surface area (Å²) in [5, 5.41) is 0. The SMILES string of the molecule is Cc1ccc(C(C)(F)F)c(C2(N)CCCCC2)c1. The number of rotatable bonds is 2. The van der Waals surface area contributed by atoms with Crippen molar-refractivity contribution < 1.29 is 8.78 Å². The van der Waals surface area contributed by atoms with Crippen molar-refractivity contribution in [1.29, 1.82) is 0 Å². The van der Waals surface area contributed by atoms with Gasteiger partial charge in [0, 0.05) is 18.0 Å². The summed E-state index contributed by atoms with van der Waals surface area (Å²) < 4.78 is 27.4. The number of hydrogen-bond donors (Lipinski definition) is 1. The zero-order valence-corrected chi connectivity index (χ0v) is 11.1. The predicted octanol–water partition coefficient (Wildman–Crippen LogP) is 4.22. The smallest absolute Gasteiger partial charge is 0.270 e. The molecule has 1 aliphatic carbocycles. The maximum atomic E-state index is 13.7. The van der Waals surface area contributed by atoms with Crippen LogP contribution in [0.4, 0.5) is 8.78 Å². The minimum Gasteiger partial charge on any atom is -0.321 e. The van der Waals surface area contributed by atoms with Crippen LogP contribution < -0.4 is 5.73 Å². The molecule has 1 aliphatic rings. The number of alkyl halides is 2. The highest BCUT2D eigenvalue weighted by atomic mass is 19.3. The molecule has 0 aromatic heterocycles. The van der Waals surface area contributed by atoms with Gasteiger partial charge < -0.3 is 5.73 Å². The van der Waals surface area contributed by atoms with Gasteiger partial charge in [-0.3, -0.25) is 0 Å². The van der Waals surface area contributed by atoms with Crippen LogP contribution in [0.25, 0.3) is 0 Å². The molecule has 1 saturated carbocycles. The fourth-order valence-electron chi connectivity index (χ4n) is 2.90. The second kappa shape index (κ2) is 4.61. The summed E-state index contributed by atoms with van der Waals surface area (Å²) in [6.45, 7) is 2.88. The van der Waals surface area contributed by atoms with Crippen molar-refractivity contribution in [1.82, 2.24) is 0 Å². The lowest BCUT2D eigenvalue weighted by Gasteiger charge is -2.36. The summed E-state index contributed by atoms with van der Waals surface area (Å²) in [5.41, 5.74) is 7.58. The largest absolute Gasteiger partial charge is 0.321 e. The van der Waals surface area contributed by atoms with Gasteiger partial charge in [-0.15, -0.1) is 0 Å². The van der Waals surface area contributed by atoms with Crippen LogP contribution in [0.1, 0.15) is 55.7 Å². The molecule has 100 valence electrons. The van der Waals surface area contributed by atoms with Gasteiger partial charge in [0.05, 0.1) is 0 Å². The van der Waals surface area contributed by atoms with Crippen LogP contribution in [0.2, 0.25) is 0 Å². The molecule has 1 fully saturated rings. The maximum absolute atomic E-state index is 13.7. The van der Waals surface area contributed by atoms with Gasteiger partial charge in [-0.1, -0.05) is 43.0 Å². The normalized spacial score (nSPS) is 19.8. The molecule has 0 saturated heterocycles. The van der Waals surface area contributed by atoms with Crippen LogP contribution >= 0.6 is 0 Å². The minimum atomic E-state index is -2.83. The van der Waals surface area contributed by atoms with E-state index in [-0.39, 0.29) is 5.56 Å².